The van der Waals surface area contributed by atoms with E-state index in [4.69, 9.17) is 21.0 Å². The predicted octanol–water partition coefficient (Wildman–Crippen LogP) is 5.30. The molecule has 6 nitrogen and oxygen atoms in total. The second kappa shape index (κ2) is 9.56. The van der Waals surface area contributed by atoms with Gasteiger partial charge in [-0.15, -0.1) is 10.2 Å². The Hall–Kier alpha value is -2.13. The number of rotatable bonds is 7. The Morgan fingerprint density at radius 2 is 1.81 bits per heavy atom. The van der Waals surface area contributed by atoms with Crippen LogP contribution in [0, 0.1) is 0 Å². The van der Waals surface area contributed by atoms with E-state index in [2.05, 4.69) is 44.3 Å². The number of para-hydroxylation sites is 1. The largest absolute Gasteiger partial charge is 0.411 e. The van der Waals surface area contributed by atoms with E-state index in [9.17, 15) is 0 Å². The van der Waals surface area contributed by atoms with Gasteiger partial charge in [0.15, 0.2) is 5.13 Å². The summed E-state index contributed by atoms with van der Waals surface area (Å²) in [7, 11) is 0. The van der Waals surface area contributed by atoms with Gasteiger partial charge in [0.05, 0.1) is 10.2 Å². The first kappa shape index (κ1) is 20.8. The van der Waals surface area contributed by atoms with Crippen molar-refractivity contribution in [1.82, 2.24) is 20.1 Å². The van der Waals surface area contributed by atoms with E-state index in [1.807, 2.05) is 24.3 Å². The summed E-state index contributed by atoms with van der Waals surface area (Å²) < 4.78 is 7.02. The highest BCUT2D eigenvalue weighted by Gasteiger charge is 2.19. The third-order valence-electron chi connectivity index (χ3n) is 5.27. The van der Waals surface area contributed by atoms with Gasteiger partial charge in [0.25, 0.3) is 5.22 Å². The van der Waals surface area contributed by atoms with Gasteiger partial charge in [-0.1, -0.05) is 46.8 Å². The first-order chi connectivity index (χ1) is 15.2. The molecule has 0 aliphatic carbocycles. The molecule has 0 amide bonds. The fraction of sp³-hybridized carbons (Fsp3) is 0.318. The highest BCUT2D eigenvalue weighted by atomic mass is 35.5. The molecule has 0 bridgehead atoms. The van der Waals surface area contributed by atoms with Crippen molar-refractivity contribution in [3.05, 3.63) is 53.6 Å². The van der Waals surface area contributed by atoms with Crippen LogP contribution in [-0.2, 0) is 0 Å². The molecule has 0 radical (unpaired) electrons. The van der Waals surface area contributed by atoms with Crippen molar-refractivity contribution in [3.8, 4) is 11.5 Å². The summed E-state index contributed by atoms with van der Waals surface area (Å²) in [4.78, 5) is 9.73. The van der Waals surface area contributed by atoms with E-state index in [-0.39, 0.29) is 0 Å². The molecule has 0 spiro atoms. The average molecular weight is 472 g/mol. The van der Waals surface area contributed by atoms with E-state index >= 15 is 0 Å². The molecule has 0 N–H and O–H groups in total. The number of thioether (sulfide) groups is 1. The Bertz CT molecular complexity index is 1110. The fourth-order valence-electron chi connectivity index (χ4n) is 3.58. The molecule has 1 saturated heterocycles. The minimum absolute atomic E-state index is 0.533. The van der Waals surface area contributed by atoms with Crippen LogP contribution in [0.1, 0.15) is 6.42 Å². The van der Waals surface area contributed by atoms with Crippen molar-refractivity contribution in [3.63, 3.8) is 0 Å². The summed E-state index contributed by atoms with van der Waals surface area (Å²) in [6, 6.07) is 15.8. The Kier molecular flexibility index (Phi) is 6.40. The zero-order valence-corrected chi connectivity index (χ0v) is 19.3. The summed E-state index contributed by atoms with van der Waals surface area (Å²) in [5.41, 5.74) is 1.98. The predicted molar refractivity (Wildman–Crippen MR) is 128 cm³/mol. The Morgan fingerprint density at radius 1 is 1.00 bits per heavy atom. The topological polar surface area (TPSA) is 58.3 Å². The average Bonchev–Trinajstić information content (AvgIpc) is 3.45. The molecule has 160 valence electrons. The lowest BCUT2D eigenvalue weighted by Gasteiger charge is -2.34. The maximum absolute atomic E-state index is 5.93. The molecule has 1 fully saturated rings. The van der Waals surface area contributed by atoms with Gasteiger partial charge in [-0.3, -0.25) is 4.90 Å². The highest BCUT2D eigenvalue weighted by Crippen LogP contribution is 2.29. The van der Waals surface area contributed by atoms with Crippen LogP contribution in [-0.4, -0.2) is 58.6 Å². The maximum Gasteiger partial charge on any atom is 0.276 e. The lowest BCUT2D eigenvalue weighted by Crippen LogP contribution is -2.46. The molecule has 9 heteroatoms. The highest BCUT2D eigenvalue weighted by molar-refractivity contribution is 7.99. The Morgan fingerprint density at radius 3 is 2.61 bits per heavy atom. The molecule has 0 atom stereocenters. The molecule has 5 rings (SSSR count). The minimum atomic E-state index is 0.533. The van der Waals surface area contributed by atoms with Crippen molar-refractivity contribution in [2.24, 2.45) is 0 Å². The molecule has 1 aliphatic rings. The molecule has 0 unspecified atom stereocenters. The summed E-state index contributed by atoms with van der Waals surface area (Å²) in [6.07, 6.45) is 1.09. The van der Waals surface area contributed by atoms with Gasteiger partial charge in [-0.25, -0.2) is 4.98 Å². The molecule has 2 aromatic heterocycles. The zero-order chi connectivity index (χ0) is 21.0. The van der Waals surface area contributed by atoms with Crippen LogP contribution in [0.3, 0.4) is 0 Å². The van der Waals surface area contributed by atoms with Crippen molar-refractivity contribution in [2.45, 2.75) is 11.6 Å². The normalized spacial score (nSPS) is 15.1. The van der Waals surface area contributed by atoms with E-state index in [1.165, 1.54) is 4.70 Å². The number of benzene rings is 2. The second-order valence-corrected chi connectivity index (χ2v) is 9.87. The number of anilines is 1. The van der Waals surface area contributed by atoms with Gasteiger partial charge in [-0.05, 0) is 49.4 Å². The van der Waals surface area contributed by atoms with E-state index < -0.39 is 0 Å². The van der Waals surface area contributed by atoms with Gasteiger partial charge in [0.1, 0.15) is 0 Å². The quantitative estimate of drug-likeness (QED) is 0.267. The van der Waals surface area contributed by atoms with E-state index in [0.717, 1.165) is 61.1 Å². The van der Waals surface area contributed by atoms with Crippen LogP contribution in [0.25, 0.3) is 21.7 Å². The molecule has 3 heterocycles. The molecular weight excluding hydrogens is 450 g/mol. The van der Waals surface area contributed by atoms with Crippen LogP contribution in [0.4, 0.5) is 5.13 Å². The Balaban J connectivity index is 1.05. The van der Waals surface area contributed by atoms with E-state index in [1.54, 1.807) is 23.1 Å². The van der Waals surface area contributed by atoms with Gasteiger partial charge >= 0.3 is 0 Å². The van der Waals surface area contributed by atoms with Crippen LogP contribution in [0.2, 0.25) is 5.02 Å². The minimum Gasteiger partial charge on any atom is -0.411 e. The third-order valence-corrected chi connectivity index (χ3v) is 7.52. The van der Waals surface area contributed by atoms with Gasteiger partial charge in [-0.2, -0.15) is 0 Å². The molecule has 4 aromatic rings. The van der Waals surface area contributed by atoms with Gasteiger partial charge in [0.2, 0.25) is 5.89 Å². The number of fused-ring (bicyclic) bond motifs is 1. The SMILES string of the molecule is Clc1ccc(-c2nnc(SCCCN3CCN(c4nc5ccccc5s4)CC3)o2)cc1. The van der Waals surface area contributed by atoms with Crippen molar-refractivity contribution < 1.29 is 4.42 Å². The third kappa shape index (κ3) is 5.03. The first-order valence-corrected chi connectivity index (χ1v) is 12.5. The van der Waals surface area contributed by atoms with Crippen molar-refractivity contribution in [1.29, 1.82) is 0 Å². The number of halogens is 1. The number of hydrogen-bond acceptors (Lipinski definition) is 8. The number of thiazole rings is 1. The number of aromatic nitrogens is 3. The van der Waals surface area contributed by atoms with E-state index in [0.29, 0.717) is 16.1 Å². The summed E-state index contributed by atoms with van der Waals surface area (Å²) in [5, 5.41) is 10.7. The molecule has 2 aromatic carbocycles. The maximum atomic E-state index is 5.93. The summed E-state index contributed by atoms with van der Waals surface area (Å²) in [5.74, 6) is 1.49. The van der Waals surface area contributed by atoms with Crippen LogP contribution < -0.4 is 4.90 Å². The molecule has 31 heavy (non-hydrogen) atoms. The van der Waals surface area contributed by atoms with Crippen molar-refractivity contribution in [2.75, 3.05) is 43.4 Å². The number of hydrogen-bond donors (Lipinski definition) is 0. The number of piperazine rings is 1. The number of nitrogens with zero attached hydrogens (tertiary/aromatic N) is 5. The summed E-state index contributed by atoms with van der Waals surface area (Å²) >= 11 is 9.33. The lowest BCUT2D eigenvalue weighted by molar-refractivity contribution is 0.259. The second-order valence-electron chi connectivity index (χ2n) is 7.37. The fourth-order valence-corrected chi connectivity index (χ4v) is 5.41. The standard InChI is InChI=1S/C22H22ClN5OS2/c23-17-8-6-16(7-9-17)20-25-26-22(29-20)30-15-3-10-27-11-13-28(14-12-27)21-24-18-4-1-2-5-19(18)31-21/h1-2,4-9H,3,10-15H2. The monoisotopic (exact) mass is 471 g/mol. The molecular formula is C22H22ClN5OS2. The van der Waals surface area contributed by atoms with Gasteiger partial charge < -0.3 is 9.32 Å². The molecule has 0 saturated carbocycles. The smallest absolute Gasteiger partial charge is 0.276 e. The van der Waals surface area contributed by atoms with Crippen molar-refractivity contribution >= 4 is 50.0 Å². The van der Waals surface area contributed by atoms with Crippen LogP contribution in [0.5, 0.6) is 0 Å². The molecule has 1 aliphatic heterocycles. The van der Waals surface area contributed by atoms with Gasteiger partial charge in [0, 0.05) is 42.5 Å². The van der Waals surface area contributed by atoms with Crippen LogP contribution in [0.15, 0.2) is 58.2 Å². The Labute approximate surface area is 194 Å². The zero-order valence-electron chi connectivity index (χ0n) is 16.9. The summed E-state index contributed by atoms with van der Waals surface area (Å²) in [6.45, 7) is 5.28. The first-order valence-electron chi connectivity index (χ1n) is 10.3. The van der Waals surface area contributed by atoms with Crippen LogP contribution >= 0.6 is 34.7 Å². The lowest BCUT2D eigenvalue weighted by atomic mass is 10.2.